The van der Waals surface area contributed by atoms with Gasteiger partial charge in [-0.05, 0) is 38.3 Å². The summed E-state index contributed by atoms with van der Waals surface area (Å²) < 4.78 is 0. The molecule has 0 aromatic heterocycles. The molecule has 1 amide bonds. The predicted molar refractivity (Wildman–Crippen MR) is 93.7 cm³/mol. The molecule has 1 fully saturated rings. The van der Waals surface area contributed by atoms with Crippen LogP contribution in [-0.2, 0) is 4.79 Å². The average Bonchev–Trinajstić information content (AvgIpc) is 2.83. The van der Waals surface area contributed by atoms with Crippen LogP contribution in [0.25, 0.3) is 0 Å². The molecule has 126 valence electrons. The molecular formula is C20H29NO2. The van der Waals surface area contributed by atoms with Gasteiger partial charge >= 0.3 is 0 Å². The number of Topliss-reactive ketones (excluding diaryl/α,β-unsaturated/α-hetero) is 1. The number of hydrogen-bond acceptors (Lipinski definition) is 2. The lowest BCUT2D eigenvalue weighted by molar-refractivity contribution is -0.132. The average molecular weight is 315 g/mol. The molecule has 1 aliphatic rings. The summed E-state index contributed by atoms with van der Waals surface area (Å²) in [5.41, 5.74) is 2.83. The molecule has 0 bridgehead atoms. The third kappa shape index (κ3) is 4.92. The Morgan fingerprint density at radius 1 is 1.04 bits per heavy atom. The number of rotatable bonds is 5. The Hall–Kier alpha value is -1.64. The molecule has 0 N–H and O–H groups in total. The minimum Gasteiger partial charge on any atom is -0.343 e. The Morgan fingerprint density at radius 2 is 1.70 bits per heavy atom. The third-order valence-electron chi connectivity index (χ3n) is 5.03. The first-order valence-corrected chi connectivity index (χ1v) is 8.85. The van der Waals surface area contributed by atoms with Crippen LogP contribution in [0.15, 0.2) is 18.2 Å². The fraction of sp³-hybridized carbons (Fsp3) is 0.600. The summed E-state index contributed by atoms with van der Waals surface area (Å²) in [6, 6.07) is 6.27. The van der Waals surface area contributed by atoms with Crippen molar-refractivity contribution in [1.29, 1.82) is 0 Å². The van der Waals surface area contributed by atoms with Gasteiger partial charge in [0.1, 0.15) is 0 Å². The van der Waals surface area contributed by atoms with Crippen molar-refractivity contribution in [3.8, 4) is 0 Å². The van der Waals surface area contributed by atoms with Gasteiger partial charge in [0.15, 0.2) is 5.78 Å². The van der Waals surface area contributed by atoms with Crippen molar-refractivity contribution in [1.82, 2.24) is 4.90 Å². The molecule has 0 unspecified atom stereocenters. The molecule has 1 aliphatic carbocycles. The van der Waals surface area contributed by atoms with Crippen LogP contribution >= 0.6 is 0 Å². The van der Waals surface area contributed by atoms with E-state index >= 15 is 0 Å². The summed E-state index contributed by atoms with van der Waals surface area (Å²) in [4.78, 5) is 26.7. The maximum Gasteiger partial charge on any atom is 0.223 e. The molecule has 0 radical (unpaired) electrons. The maximum absolute atomic E-state index is 12.4. The van der Waals surface area contributed by atoms with Crippen LogP contribution in [0.1, 0.15) is 72.9 Å². The van der Waals surface area contributed by atoms with E-state index in [9.17, 15) is 9.59 Å². The van der Waals surface area contributed by atoms with Gasteiger partial charge in [-0.25, -0.2) is 0 Å². The fourth-order valence-corrected chi connectivity index (χ4v) is 3.42. The number of amides is 1. The van der Waals surface area contributed by atoms with Crippen molar-refractivity contribution in [2.24, 2.45) is 0 Å². The molecular weight excluding hydrogens is 286 g/mol. The highest BCUT2D eigenvalue weighted by Gasteiger charge is 2.22. The van der Waals surface area contributed by atoms with Crippen molar-refractivity contribution in [3.05, 3.63) is 34.9 Å². The number of benzene rings is 1. The van der Waals surface area contributed by atoms with Crippen molar-refractivity contribution >= 4 is 11.7 Å². The van der Waals surface area contributed by atoms with Crippen LogP contribution in [0.3, 0.4) is 0 Å². The van der Waals surface area contributed by atoms with Gasteiger partial charge in [0.2, 0.25) is 5.91 Å². The van der Waals surface area contributed by atoms with E-state index in [2.05, 4.69) is 0 Å². The van der Waals surface area contributed by atoms with Crippen LogP contribution in [0.4, 0.5) is 0 Å². The standard InChI is InChI=1S/C20H29NO2/c1-15-10-11-16(2)18(14-15)19(22)12-13-20(23)21(3)17-8-6-4-5-7-9-17/h10-11,14,17H,4-9,12-13H2,1-3H3. The van der Waals surface area contributed by atoms with Crippen LogP contribution in [0.5, 0.6) is 0 Å². The Bertz CT molecular complexity index is 557. The first-order valence-electron chi connectivity index (χ1n) is 8.85. The highest BCUT2D eigenvalue weighted by molar-refractivity contribution is 5.99. The number of ketones is 1. The van der Waals surface area contributed by atoms with Gasteiger partial charge in [0.05, 0.1) is 0 Å². The van der Waals surface area contributed by atoms with Crippen LogP contribution < -0.4 is 0 Å². The van der Waals surface area contributed by atoms with Crippen LogP contribution in [-0.4, -0.2) is 29.7 Å². The first kappa shape index (κ1) is 17.7. The Balaban J connectivity index is 1.90. The smallest absolute Gasteiger partial charge is 0.223 e. The van der Waals surface area contributed by atoms with Crippen molar-refractivity contribution < 1.29 is 9.59 Å². The van der Waals surface area contributed by atoms with Crippen molar-refractivity contribution in [2.75, 3.05) is 7.05 Å². The number of carbonyl (C=O) groups excluding carboxylic acids is 2. The molecule has 3 nitrogen and oxygen atoms in total. The molecule has 1 aromatic rings. The second kappa shape index (κ2) is 8.28. The van der Waals surface area contributed by atoms with E-state index in [1.807, 2.05) is 44.0 Å². The van der Waals surface area contributed by atoms with E-state index in [0.29, 0.717) is 18.9 Å². The molecule has 1 saturated carbocycles. The fourth-order valence-electron chi connectivity index (χ4n) is 3.42. The summed E-state index contributed by atoms with van der Waals surface area (Å²) in [6.45, 7) is 3.94. The predicted octanol–water partition coefficient (Wildman–Crippen LogP) is 4.45. The Morgan fingerprint density at radius 3 is 2.35 bits per heavy atom. The highest BCUT2D eigenvalue weighted by Crippen LogP contribution is 2.22. The molecule has 0 aliphatic heterocycles. The van der Waals surface area contributed by atoms with E-state index < -0.39 is 0 Å². The molecule has 2 rings (SSSR count). The quantitative estimate of drug-likeness (QED) is 0.595. The van der Waals surface area contributed by atoms with Gasteiger partial charge in [0.25, 0.3) is 0 Å². The molecule has 23 heavy (non-hydrogen) atoms. The zero-order chi connectivity index (χ0) is 16.8. The summed E-state index contributed by atoms with van der Waals surface area (Å²) in [7, 11) is 1.90. The SMILES string of the molecule is Cc1ccc(C)c(C(=O)CCC(=O)N(C)C2CCCCCC2)c1. The second-order valence-corrected chi connectivity index (χ2v) is 6.89. The maximum atomic E-state index is 12.4. The number of aryl methyl sites for hydroxylation is 2. The van der Waals surface area contributed by atoms with Crippen molar-refractivity contribution in [2.45, 2.75) is 71.3 Å². The monoisotopic (exact) mass is 315 g/mol. The Kier molecular flexibility index (Phi) is 6.37. The number of hydrogen-bond donors (Lipinski definition) is 0. The number of nitrogens with zero attached hydrogens (tertiary/aromatic N) is 1. The third-order valence-corrected chi connectivity index (χ3v) is 5.03. The molecule has 0 heterocycles. The van der Waals surface area contributed by atoms with E-state index in [4.69, 9.17) is 0 Å². The summed E-state index contributed by atoms with van der Waals surface area (Å²) in [5.74, 6) is 0.185. The normalized spacial score (nSPS) is 16.0. The zero-order valence-corrected chi connectivity index (χ0v) is 14.7. The lowest BCUT2D eigenvalue weighted by atomic mass is 9.99. The van der Waals surface area contributed by atoms with Gasteiger partial charge in [-0.2, -0.15) is 0 Å². The first-order chi connectivity index (χ1) is 11.0. The largest absolute Gasteiger partial charge is 0.343 e. The van der Waals surface area contributed by atoms with E-state index in [0.717, 1.165) is 29.5 Å². The second-order valence-electron chi connectivity index (χ2n) is 6.89. The topological polar surface area (TPSA) is 37.4 Å². The van der Waals surface area contributed by atoms with E-state index in [-0.39, 0.29) is 11.7 Å². The molecule has 1 aromatic carbocycles. The minimum absolute atomic E-state index is 0.0776. The molecule has 0 saturated heterocycles. The molecule has 0 atom stereocenters. The lowest BCUT2D eigenvalue weighted by Crippen LogP contribution is -2.36. The van der Waals surface area contributed by atoms with Gasteiger partial charge in [0, 0.05) is 31.5 Å². The van der Waals surface area contributed by atoms with E-state index in [1.165, 1.54) is 25.7 Å². The zero-order valence-electron chi connectivity index (χ0n) is 14.7. The van der Waals surface area contributed by atoms with Crippen LogP contribution in [0, 0.1) is 13.8 Å². The van der Waals surface area contributed by atoms with E-state index in [1.54, 1.807) is 0 Å². The van der Waals surface area contributed by atoms with Crippen LogP contribution in [0.2, 0.25) is 0 Å². The van der Waals surface area contributed by atoms with Gasteiger partial charge in [-0.3, -0.25) is 9.59 Å². The van der Waals surface area contributed by atoms with Gasteiger partial charge in [-0.15, -0.1) is 0 Å². The molecule has 3 heteroatoms. The number of carbonyl (C=O) groups is 2. The lowest BCUT2D eigenvalue weighted by Gasteiger charge is -2.27. The Labute approximate surface area is 140 Å². The summed E-state index contributed by atoms with van der Waals surface area (Å²) >= 11 is 0. The van der Waals surface area contributed by atoms with Gasteiger partial charge in [-0.1, -0.05) is 43.4 Å². The van der Waals surface area contributed by atoms with Crippen molar-refractivity contribution in [3.63, 3.8) is 0 Å². The van der Waals surface area contributed by atoms with Gasteiger partial charge < -0.3 is 4.90 Å². The summed E-state index contributed by atoms with van der Waals surface area (Å²) in [6.07, 6.45) is 7.82. The highest BCUT2D eigenvalue weighted by atomic mass is 16.2. The molecule has 0 spiro atoms. The summed E-state index contributed by atoms with van der Waals surface area (Å²) in [5, 5.41) is 0. The minimum atomic E-state index is 0.0776.